The maximum atomic E-state index is 14.0. The summed E-state index contributed by atoms with van der Waals surface area (Å²) in [5.74, 6) is -0.778. The fourth-order valence-corrected chi connectivity index (χ4v) is 9.61. The second kappa shape index (κ2) is 8.73. The molecule has 0 radical (unpaired) electrons. The first-order valence-electron chi connectivity index (χ1n) is 11.3. The van der Waals surface area contributed by atoms with Crippen molar-refractivity contribution in [2.45, 2.75) is 64.2 Å². The largest absolute Gasteiger partial charge is 0.466 e. The minimum atomic E-state index is -2.13. The van der Waals surface area contributed by atoms with E-state index in [0.29, 0.717) is 32.5 Å². The number of ether oxygens (including phenoxy) is 2. The predicted molar refractivity (Wildman–Crippen MR) is 123 cm³/mol. The number of carbonyl (C=O) groups is 3. The Hall–Kier alpha value is -2.21. The molecule has 1 saturated carbocycles. The minimum absolute atomic E-state index is 0.0984. The summed E-state index contributed by atoms with van der Waals surface area (Å²) in [5, 5.41) is -0.679. The van der Waals surface area contributed by atoms with Gasteiger partial charge in [0.05, 0.1) is 32.2 Å². The van der Waals surface area contributed by atoms with E-state index in [1.54, 1.807) is 13.8 Å². The zero-order valence-electron chi connectivity index (χ0n) is 19.3. The SMILES string of the molecule is CCOC(=O)CCCC[C@@]12C=C(c3ccccc3)C(=O)[C@]1([Si](C)(C)C)[C@H]2C(=O)OCC. The van der Waals surface area contributed by atoms with Crippen LogP contribution in [0.1, 0.15) is 45.1 Å². The molecule has 31 heavy (non-hydrogen) atoms. The highest BCUT2D eigenvalue weighted by molar-refractivity contribution is 6.86. The lowest BCUT2D eigenvalue weighted by molar-refractivity contribution is -0.146. The van der Waals surface area contributed by atoms with Crippen LogP contribution in [0, 0.1) is 11.3 Å². The number of hydrogen-bond donors (Lipinski definition) is 0. The first-order chi connectivity index (χ1) is 14.7. The maximum absolute atomic E-state index is 14.0. The molecular weight excluding hydrogens is 408 g/mol. The van der Waals surface area contributed by atoms with Crippen molar-refractivity contribution >= 4 is 31.4 Å². The summed E-state index contributed by atoms with van der Waals surface area (Å²) in [7, 11) is -2.13. The molecule has 2 aliphatic carbocycles. The van der Waals surface area contributed by atoms with Crippen LogP contribution in [0.4, 0.5) is 0 Å². The van der Waals surface area contributed by atoms with Crippen molar-refractivity contribution in [1.29, 1.82) is 0 Å². The van der Waals surface area contributed by atoms with Crippen molar-refractivity contribution in [3.8, 4) is 0 Å². The molecule has 0 aliphatic heterocycles. The number of fused-ring (bicyclic) bond motifs is 1. The van der Waals surface area contributed by atoms with E-state index in [9.17, 15) is 14.4 Å². The molecule has 0 unspecified atom stereocenters. The van der Waals surface area contributed by atoms with Crippen LogP contribution in [0.25, 0.3) is 5.57 Å². The van der Waals surface area contributed by atoms with Crippen LogP contribution in [-0.2, 0) is 23.9 Å². The molecule has 5 nitrogen and oxygen atoms in total. The highest BCUT2D eigenvalue weighted by Gasteiger charge is 2.87. The quantitative estimate of drug-likeness (QED) is 0.289. The smallest absolute Gasteiger partial charge is 0.310 e. The molecular formula is C25H34O5Si. The Morgan fingerprint density at radius 2 is 1.65 bits per heavy atom. The Labute approximate surface area is 186 Å². The molecule has 0 saturated heterocycles. The van der Waals surface area contributed by atoms with Gasteiger partial charge in [-0.15, -0.1) is 0 Å². The molecule has 1 fully saturated rings. The van der Waals surface area contributed by atoms with Gasteiger partial charge in [-0.25, -0.2) is 0 Å². The molecule has 0 heterocycles. The third-order valence-corrected chi connectivity index (χ3v) is 10.3. The third-order valence-electron chi connectivity index (χ3n) is 6.92. The van der Waals surface area contributed by atoms with Gasteiger partial charge in [0.2, 0.25) is 0 Å². The second-order valence-electron chi connectivity index (χ2n) is 9.55. The Balaban J connectivity index is 1.96. The molecule has 3 rings (SSSR count). The predicted octanol–water partition coefficient (Wildman–Crippen LogP) is 5.03. The number of rotatable bonds is 10. The molecule has 168 valence electrons. The van der Waals surface area contributed by atoms with Crippen LogP contribution < -0.4 is 0 Å². The lowest BCUT2D eigenvalue weighted by Gasteiger charge is -2.30. The fourth-order valence-electron chi connectivity index (χ4n) is 5.88. The van der Waals surface area contributed by atoms with Gasteiger partial charge in [-0.2, -0.15) is 0 Å². The number of benzene rings is 1. The van der Waals surface area contributed by atoms with Crippen LogP contribution in [-0.4, -0.2) is 39.0 Å². The van der Waals surface area contributed by atoms with E-state index in [2.05, 4.69) is 25.7 Å². The van der Waals surface area contributed by atoms with Gasteiger partial charge in [-0.05, 0) is 32.3 Å². The number of allylic oxidation sites excluding steroid dienone is 2. The van der Waals surface area contributed by atoms with Crippen LogP contribution in [0.3, 0.4) is 0 Å². The normalized spacial score (nSPS) is 26.8. The Morgan fingerprint density at radius 1 is 1.00 bits per heavy atom. The summed E-state index contributed by atoms with van der Waals surface area (Å²) in [6, 6.07) is 9.72. The van der Waals surface area contributed by atoms with Gasteiger partial charge in [0.15, 0.2) is 5.78 Å². The minimum Gasteiger partial charge on any atom is -0.466 e. The average Bonchev–Trinajstić information content (AvgIpc) is 3.25. The van der Waals surface area contributed by atoms with E-state index in [0.717, 1.165) is 17.6 Å². The number of esters is 2. The topological polar surface area (TPSA) is 69.7 Å². The number of carbonyl (C=O) groups excluding carboxylic acids is 3. The van der Waals surface area contributed by atoms with Gasteiger partial charge in [0.1, 0.15) is 0 Å². The van der Waals surface area contributed by atoms with E-state index < -0.39 is 24.4 Å². The van der Waals surface area contributed by atoms with Crippen LogP contribution in [0.15, 0.2) is 36.4 Å². The summed E-state index contributed by atoms with van der Waals surface area (Å²) < 4.78 is 10.5. The molecule has 2 aliphatic rings. The molecule has 1 aromatic rings. The summed E-state index contributed by atoms with van der Waals surface area (Å²) >= 11 is 0. The summed E-state index contributed by atoms with van der Waals surface area (Å²) in [4.78, 5) is 38.7. The average molecular weight is 443 g/mol. The van der Waals surface area contributed by atoms with E-state index in [1.807, 2.05) is 30.3 Å². The number of unbranched alkanes of at least 4 members (excludes halogenated alkanes) is 1. The van der Waals surface area contributed by atoms with Crippen molar-refractivity contribution in [3.63, 3.8) is 0 Å². The molecule has 0 N–H and O–H groups in total. The fraction of sp³-hybridized carbons (Fsp3) is 0.560. The van der Waals surface area contributed by atoms with Gasteiger partial charge < -0.3 is 9.47 Å². The Bertz CT molecular complexity index is 885. The lowest BCUT2D eigenvalue weighted by Crippen LogP contribution is -2.39. The highest BCUT2D eigenvalue weighted by Crippen LogP contribution is 2.86. The summed E-state index contributed by atoms with van der Waals surface area (Å²) in [6.07, 6.45) is 4.57. The Kier molecular flexibility index (Phi) is 6.60. The molecule has 0 bridgehead atoms. The van der Waals surface area contributed by atoms with Crippen LogP contribution in [0.2, 0.25) is 24.7 Å². The lowest BCUT2D eigenvalue weighted by atomic mass is 9.93. The van der Waals surface area contributed by atoms with Gasteiger partial charge in [0.25, 0.3) is 0 Å². The van der Waals surface area contributed by atoms with Crippen LogP contribution >= 0.6 is 0 Å². The van der Waals surface area contributed by atoms with Crippen molar-refractivity contribution in [2.24, 2.45) is 11.3 Å². The van der Waals surface area contributed by atoms with Gasteiger partial charge >= 0.3 is 11.9 Å². The number of hydrogen-bond acceptors (Lipinski definition) is 5. The van der Waals surface area contributed by atoms with E-state index >= 15 is 0 Å². The van der Waals surface area contributed by atoms with Crippen molar-refractivity contribution in [2.75, 3.05) is 13.2 Å². The maximum Gasteiger partial charge on any atom is 0.310 e. The molecule has 0 amide bonds. The van der Waals surface area contributed by atoms with Crippen molar-refractivity contribution in [3.05, 3.63) is 42.0 Å². The zero-order valence-corrected chi connectivity index (χ0v) is 20.3. The summed E-state index contributed by atoms with van der Waals surface area (Å²) in [5.41, 5.74) is 1.13. The zero-order chi connectivity index (χ0) is 22.9. The molecule has 0 aromatic heterocycles. The first kappa shape index (κ1) is 23.5. The second-order valence-corrected chi connectivity index (χ2v) is 14.8. The standard InChI is InChI=1S/C25H34O5Si/c1-6-29-20(26)15-11-12-16-24-17-19(18-13-9-8-10-14-18)22(27)25(24,31(3,4)5)21(24)23(28)30-7-2/h8-10,13-14,17,21H,6-7,11-12,15-16H2,1-5H3/t21-,24-,25+/m0/s1. The van der Waals surface area contributed by atoms with Gasteiger partial charge in [0, 0.05) is 17.4 Å². The van der Waals surface area contributed by atoms with Gasteiger partial charge in [-0.3, -0.25) is 14.4 Å². The molecule has 1 aromatic carbocycles. The third kappa shape index (κ3) is 3.69. The number of ketones is 1. The van der Waals surface area contributed by atoms with Gasteiger partial charge in [-0.1, -0.05) is 62.5 Å². The summed E-state index contributed by atoms with van der Waals surface area (Å²) in [6.45, 7) is 10.8. The molecule has 3 atom stereocenters. The van der Waals surface area contributed by atoms with Crippen molar-refractivity contribution in [1.82, 2.24) is 0 Å². The Morgan fingerprint density at radius 3 is 2.23 bits per heavy atom. The monoisotopic (exact) mass is 442 g/mol. The van der Waals surface area contributed by atoms with E-state index in [-0.39, 0.29) is 17.7 Å². The highest BCUT2D eigenvalue weighted by atomic mass is 28.3. The number of Topliss-reactive ketones (excluding diaryl/α,β-unsaturated/α-hetero) is 1. The van der Waals surface area contributed by atoms with Crippen molar-refractivity contribution < 1.29 is 23.9 Å². The molecule has 0 spiro atoms. The van der Waals surface area contributed by atoms with E-state index in [4.69, 9.17) is 9.47 Å². The van der Waals surface area contributed by atoms with Crippen LogP contribution in [0.5, 0.6) is 0 Å². The van der Waals surface area contributed by atoms with E-state index in [1.165, 1.54) is 0 Å². The molecule has 6 heteroatoms. The first-order valence-corrected chi connectivity index (χ1v) is 14.8.